The van der Waals surface area contributed by atoms with Gasteiger partial charge in [0, 0.05) is 10.9 Å². The van der Waals surface area contributed by atoms with Gasteiger partial charge in [0.2, 0.25) is 0 Å². The van der Waals surface area contributed by atoms with Crippen LogP contribution in [0.25, 0.3) is 0 Å². The highest BCUT2D eigenvalue weighted by molar-refractivity contribution is 8.15. The summed E-state index contributed by atoms with van der Waals surface area (Å²) in [4.78, 5) is 4.70. The third-order valence-electron chi connectivity index (χ3n) is 4.08. The smallest absolute Gasteiger partial charge is 0.161 e. The van der Waals surface area contributed by atoms with Gasteiger partial charge in [-0.2, -0.15) is 0 Å². The van der Waals surface area contributed by atoms with Crippen LogP contribution in [0.2, 0.25) is 0 Å². The van der Waals surface area contributed by atoms with Gasteiger partial charge < -0.3 is 5.32 Å². The van der Waals surface area contributed by atoms with Gasteiger partial charge in [-0.05, 0) is 23.5 Å². The molecule has 0 saturated heterocycles. The molecule has 1 unspecified atom stereocenters. The summed E-state index contributed by atoms with van der Waals surface area (Å²) in [6.07, 6.45) is 2.50. The molecule has 0 aromatic heterocycles. The molecule has 1 aromatic carbocycles. The van der Waals surface area contributed by atoms with E-state index in [4.69, 9.17) is 4.99 Å². The van der Waals surface area contributed by atoms with Crippen LogP contribution < -0.4 is 5.32 Å². The van der Waals surface area contributed by atoms with Crippen LogP contribution in [0, 0.1) is 5.92 Å². The lowest BCUT2D eigenvalue weighted by Gasteiger charge is -2.19. The standard InChI is InChI=1S/C17H26N2S/c1-5-13(6-2)16-11-18-17(20-16)19-15-10-8-7-9-14(15)12(3)4/h7-10,12-13,16H,5-6,11H2,1-4H3,(H,18,19). The van der Waals surface area contributed by atoms with Gasteiger partial charge >= 0.3 is 0 Å². The molecule has 0 spiro atoms. The summed E-state index contributed by atoms with van der Waals surface area (Å²) in [5, 5.41) is 5.28. The first-order valence-corrected chi connectivity index (χ1v) is 8.60. The van der Waals surface area contributed by atoms with Crippen molar-refractivity contribution >= 4 is 22.6 Å². The summed E-state index contributed by atoms with van der Waals surface area (Å²) >= 11 is 1.92. The van der Waals surface area contributed by atoms with E-state index in [0.29, 0.717) is 11.2 Å². The van der Waals surface area contributed by atoms with Gasteiger partial charge in [0.1, 0.15) is 0 Å². The van der Waals surface area contributed by atoms with Gasteiger partial charge in [-0.1, -0.05) is 70.5 Å². The molecule has 1 heterocycles. The lowest BCUT2D eigenvalue weighted by atomic mass is 9.99. The topological polar surface area (TPSA) is 24.4 Å². The van der Waals surface area contributed by atoms with Crippen LogP contribution in [0.1, 0.15) is 52.0 Å². The monoisotopic (exact) mass is 290 g/mol. The van der Waals surface area contributed by atoms with E-state index in [1.54, 1.807) is 0 Å². The molecule has 110 valence electrons. The van der Waals surface area contributed by atoms with E-state index in [1.165, 1.54) is 24.1 Å². The normalized spacial score (nSPS) is 18.7. The number of hydrogen-bond acceptors (Lipinski definition) is 3. The highest BCUT2D eigenvalue weighted by Crippen LogP contribution is 2.33. The Morgan fingerprint density at radius 2 is 1.95 bits per heavy atom. The molecule has 3 heteroatoms. The molecule has 0 aliphatic carbocycles. The quantitative estimate of drug-likeness (QED) is 0.813. The maximum Gasteiger partial charge on any atom is 0.161 e. The van der Waals surface area contributed by atoms with E-state index in [0.717, 1.165) is 17.6 Å². The highest BCUT2D eigenvalue weighted by Gasteiger charge is 2.26. The van der Waals surface area contributed by atoms with E-state index in [9.17, 15) is 0 Å². The zero-order valence-electron chi connectivity index (χ0n) is 13.0. The van der Waals surface area contributed by atoms with Gasteiger partial charge in [0.05, 0.1) is 6.54 Å². The predicted octanol–water partition coefficient (Wildman–Crippen LogP) is 5.13. The Bertz CT molecular complexity index is 464. The summed E-state index contributed by atoms with van der Waals surface area (Å²) in [5.41, 5.74) is 2.57. The first kappa shape index (κ1) is 15.4. The minimum atomic E-state index is 0.528. The highest BCUT2D eigenvalue weighted by atomic mass is 32.2. The average molecular weight is 290 g/mol. The lowest BCUT2D eigenvalue weighted by Crippen LogP contribution is -2.17. The molecule has 1 N–H and O–H groups in total. The maximum atomic E-state index is 4.70. The minimum Gasteiger partial charge on any atom is -0.335 e. The third kappa shape index (κ3) is 3.57. The van der Waals surface area contributed by atoms with Gasteiger partial charge in [-0.15, -0.1) is 0 Å². The van der Waals surface area contributed by atoms with Crippen LogP contribution in [0.3, 0.4) is 0 Å². The number of nitrogens with one attached hydrogen (secondary N) is 1. The average Bonchev–Trinajstić information content (AvgIpc) is 2.89. The Kier molecular flexibility index (Phi) is 5.53. The van der Waals surface area contributed by atoms with Crippen molar-refractivity contribution < 1.29 is 0 Å². The lowest BCUT2D eigenvalue weighted by molar-refractivity contribution is 0.479. The number of para-hydroxylation sites is 1. The number of thioether (sulfide) groups is 1. The van der Waals surface area contributed by atoms with Crippen LogP contribution in [0.4, 0.5) is 5.69 Å². The second kappa shape index (κ2) is 7.16. The largest absolute Gasteiger partial charge is 0.335 e. The molecule has 1 atom stereocenters. The molecule has 0 radical (unpaired) electrons. The van der Waals surface area contributed by atoms with E-state index >= 15 is 0 Å². The summed E-state index contributed by atoms with van der Waals surface area (Å²) in [5.74, 6) is 1.31. The van der Waals surface area contributed by atoms with Crippen LogP contribution in [0.15, 0.2) is 29.3 Å². The second-order valence-electron chi connectivity index (χ2n) is 5.75. The van der Waals surface area contributed by atoms with Crippen molar-refractivity contribution in [2.24, 2.45) is 10.9 Å². The molecular formula is C17H26N2S. The number of rotatable bonds is 5. The molecule has 20 heavy (non-hydrogen) atoms. The number of anilines is 1. The molecule has 1 aliphatic rings. The molecule has 0 saturated carbocycles. The number of amidine groups is 1. The van der Waals surface area contributed by atoms with Crippen molar-refractivity contribution in [1.29, 1.82) is 0 Å². The van der Waals surface area contributed by atoms with E-state index in [-0.39, 0.29) is 0 Å². The molecule has 2 nitrogen and oxygen atoms in total. The Balaban J connectivity index is 2.02. The fourth-order valence-corrected chi connectivity index (χ4v) is 4.08. The number of hydrogen-bond donors (Lipinski definition) is 1. The SMILES string of the molecule is CCC(CC)C1CN=C(Nc2ccccc2C(C)C)S1. The Morgan fingerprint density at radius 3 is 2.60 bits per heavy atom. The van der Waals surface area contributed by atoms with Crippen molar-refractivity contribution in [3.05, 3.63) is 29.8 Å². The number of aliphatic imine (C=N–C) groups is 1. The van der Waals surface area contributed by atoms with Crippen LogP contribution in [0.5, 0.6) is 0 Å². The van der Waals surface area contributed by atoms with Crippen LogP contribution >= 0.6 is 11.8 Å². The zero-order chi connectivity index (χ0) is 14.5. The van der Waals surface area contributed by atoms with E-state index in [1.807, 2.05) is 11.8 Å². The van der Waals surface area contributed by atoms with Crippen molar-refractivity contribution in [1.82, 2.24) is 0 Å². The summed E-state index contributed by atoms with van der Waals surface area (Å²) < 4.78 is 0. The Hall–Kier alpha value is -0.960. The third-order valence-corrected chi connectivity index (χ3v) is 5.37. The van der Waals surface area contributed by atoms with Gasteiger partial charge in [-0.3, -0.25) is 4.99 Å². The van der Waals surface area contributed by atoms with Crippen molar-refractivity contribution in [3.63, 3.8) is 0 Å². The molecule has 1 aromatic rings. The maximum absolute atomic E-state index is 4.70. The van der Waals surface area contributed by atoms with Crippen LogP contribution in [-0.2, 0) is 0 Å². The first-order chi connectivity index (χ1) is 9.65. The molecule has 0 amide bonds. The fraction of sp³-hybridized carbons (Fsp3) is 0.588. The Labute approximate surface area is 127 Å². The van der Waals surface area contributed by atoms with Crippen molar-refractivity contribution in [2.45, 2.75) is 51.7 Å². The fourth-order valence-electron chi connectivity index (χ4n) is 2.75. The molecule has 1 aliphatic heterocycles. The van der Waals surface area contributed by atoms with E-state index < -0.39 is 0 Å². The van der Waals surface area contributed by atoms with Gasteiger partial charge in [0.15, 0.2) is 5.17 Å². The van der Waals surface area contributed by atoms with Crippen molar-refractivity contribution in [3.8, 4) is 0 Å². The van der Waals surface area contributed by atoms with Crippen LogP contribution in [-0.4, -0.2) is 17.0 Å². The molecular weight excluding hydrogens is 264 g/mol. The summed E-state index contributed by atoms with van der Waals surface area (Å²) in [6, 6.07) is 8.55. The number of nitrogens with zero attached hydrogens (tertiary/aromatic N) is 1. The molecule has 0 fully saturated rings. The zero-order valence-corrected chi connectivity index (χ0v) is 13.8. The van der Waals surface area contributed by atoms with E-state index in [2.05, 4.69) is 57.3 Å². The summed E-state index contributed by atoms with van der Waals surface area (Å²) in [6.45, 7) is 10.00. The molecule has 2 rings (SSSR count). The predicted molar refractivity (Wildman–Crippen MR) is 91.9 cm³/mol. The second-order valence-corrected chi connectivity index (χ2v) is 6.97. The van der Waals surface area contributed by atoms with Crippen molar-refractivity contribution in [2.75, 3.05) is 11.9 Å². The Morgan fingerprint density at radius 1 is 1.25 bits per heavy atom. The van der Waals surface area contributed by atoms with Gasteiger partial charge in [-0.25, -0.2) is 0 Å². The summed E-state index contributed by atoms with van der Waals surface area (Å²) in [7, 11) is 0. The van der Waals surface area contributed by atoms with Gasteiger partial charge in [0.25, 0.3) is 0 Å². The number of benzene rings is 1. The first-order valence-electron chi connectivity index (χ1n) is 7.72. The minimum absolute atomic E-state index is 0.528. The molecule has 0 bridgehead atoms.